The molecule has 0 saturated carbocycles. The molecule has 0 radical (unpaired) electrons. The Balaban J connectivity index is 2.05. The number of hydrogen-bond donors (Lipinski definition) is 1. The minimum absolute atomic E-state index is 0.407. The SMILES string of the molecule is COc1ccc2c(c1)C(c1cccnc1)CCN2. The number of nitrogens with one attached hydrogen (secondary N) is 1. The van der Waals surface area contributed by atoms with Crippen molar-refractivity contribution in [2.75, 3.05) is 19.0 Å². The van der Waals surface area contributed by atoms with Crippen molar-refractivity contribution < 1.29 is 4.74 Å². The quantitative estimate of drug-likeness (QED) is 0.876. The van der Waals surface area contributed by atoms with Crippen molar-refractivity contribution in [2.45, 2.75) is 12.3 Å². The van der Waals surface area contributed by atoms with E-state index in [0.29, 0.717) is 5.92 Å². The highest BCUT2D eigenvalue weighted by Gasteiger charge is 2.22. The number of nitrogens with zero attached hydrogens (tertiary/aromatic N) is 1. The van der Waals surface area contributed by atoms with Crippen LogP contribution in [0.4, 0.5) is 5.69 Å². The number of ether oxygens (including phenoxy) is 1. The summed E-state index contributed by atoms with van der Waals surface area (Å²) < 4.78 is 5.32. The normalized spacial score (nSPS) is 17.7. The summed E-state index contributed by atoms with van der Waals surface area (Å²) >= 11 is 0. The zero-order valence-electron chi connectivity index (χ0n) is 10.4. The van der Waals surface area contributed by atoms with Crippen LogP contribution in [0.2, 0.25) is 0 Å². The summed E-state index contributed by atoms with van der Waals surface area (Å²) in [6.07, 6.45) is 4.86. The molecule has 2 aromatic rings. The van der Waals surface area contributed by atoms with E-state index in [1.54, 1.807) is 7.11 Å². The lowest BCUT2D eigenvalue weighted by Gasteiger charge is -2.27. The van der Waals surface area contributed by atoms with Crippen LogP contribution < -0.4 is 10.1 Å². The molecule has 1 atom stereocenters. The van der Waals surface area contributed by atoms with Crippen LogP contribution in [0.5, 0.6) is 5.75 Å². The topological polar surface area (TPSA) is 34.1 Å². The average molecular weight is 240 g/mol. The third-order valence-electron chi connectivity index (χ3n) is 3.47. The van der Waals surface area contributed by atoms with Gasteiger partial charge < -0.3 is 10.1 Å². The van der Waals surface area contributed by atoms with E-state index in [1.165, 1.54) is 16.8 Å². The van der Waals surface area contributed by atoms with Crippen LogP contribution in [0.15, 0.2) is 42.7 Å². The first-order chi connectivity index (χ1) is 8.88. The predicted octanol–water partition coefficient (Wildman–Crippen LogP) is 3.04. The molecular weight excluding hydrogens is 224 g/mol. The van der Waals surface area contributed by atoms with Gasteiger partial charge in [0.2, 0.25) is 0 Å². The Morgan fingerprint density at radius 2 is 2.28 bits per heavy atom. The maximum Gasteiger partial charge on any atom is 0.119 e. The fraction of sp³-hybridized carbons (Fsp3) is 0.267. The van der Waals surface area contributed by atoms with Gasteiger partial charge in [-0.2, -0.15) is 0 Å². The highest BCUT2D eigenvalue weighted by atomic mass is 16.5. The summed E-state index contributed by atoms with van der Waals surface area (Å²) in [4.78, 5) is 4.22. The molecular formula is C15H16N2O. The number of hydrogen-bond acceptors (Lipinski definition) is 3. The summed E-state index contributed by atoms with van der Waals surface area (Å²) in [5.74, 6) is 1.32. The Kier molecular flexibility index (Phi) is 2.89. The molecule has 1 aromatic carbocycles. The van der Waals surface area contributed by atoms with Crippen LogP contribution in [0, 0.1) is 0 Å². The molecule has 92 valence electrons. The molecule has 3 nitrogen and oxygen atoms in total. The van der Waals surface area contributed by atoms with E-state index in [4.69, 9.17) is 4.74 Å². The van der Waals surface area contributed by atoms with Gasteiger partial charge in [-0.3, -0.25) is 4.98 Å². The average Bonchev–Trinajstić information content (AvgIpc) is 2.47. The van der Waals surface area contributed by atoms with E-state index < -0.39 is 0 Å². The summed E-state index contributed by atoms with van der Waals surface area (Å²) in [5, 5.41) is 3.44. The summed E-state index contributed by atoms with van der Waals surface area (Å²) in [7, 11) is 1.71. The second kappa shape index (κ2) is 4.69. The second-order valence-corrected chi connectivity index (χ2v) is 4.51. The molecule has 2 heterocycles. The molecule has 0 fully saturated rings. The Morgan fingerprint density at radius 1 is 1.33 bits per heavy atom. The molecule has 0 saturated heterocycles. The van der Waals surface area contributed by atoms with E-state index in [0.717, 1.165) is 18.7 Å². The van der Waals surface area contributed by atoms with Gasteiger partial charge in [-0.25, -0.2) is 0 Å². The van der Waals surface area contributed by atoms with Crippen molar-refractivity contribution >= 4 is 5.69 Å². The monoisotopic (exact) mass is 240 g/mol. The number of methoxy groups -OCH3 is 1. The molecule has 1 aliphatic rings. The predicted molar refractivity (Wildman–Crippen MR) is 72.2 cm³/mol. The molecule has 1 aromatic heterocycles. The zero-order valence-corrected chi connectivity index (χ0v) is 10.4. The number of anilines is 1. The first-order valence-electron chi connectivity index (χ1n) is 6.20. The van der Waals surface area contributed by atoms with Crippen molar-refractivity contribution in [1.82, 2.24) is 4.98 Å². The smallest absolute Gasteiger partial charge is 0.119 e. The first kappa shape index (κ1) is 11.1. The molecule has 3 rings (SSSR count). The Hall–Kier alpha value is -2.03. The van der Waals surface area contributed by atoms with Gasteiger partial charge in [0.15, 0.2) is 0 Å². The molecule has 3 heteroatoms. The third-order valence-corrected chi connectivity index (χ3v) is 3.47. The number of pyridine rings is 1. The van der Waals surface area contributed by atoms with Gasteiger partial charge in [0.1, 0.15) is 5.75 Å². The van der Waals surface area contributed by atoms with Gasteiger partial charge in [0.05, 0.1) is 7.11 Å². The van der Waals surface area contributed by atoms with Crippen LogP contribution in [0.3, 0.4) is 0 Å². The molecule has 1 aliphatic heterocycles. The largest absolute Gasteiger partial charge is 0.497 e. The van der Waals surface area contributed by atoms with Crippen molar-refractivity contribution in [1.29, 1.82) is 0 Å². The Bertz CT molecular complexity index is 539. The standard InChI is InChI=1S/C15H16N2O/c1-18-12-4-5-15-14(9-12)13(6-8-17-15)11-3-2-7-16-10-11/h2-5,7,9-10,13,17H,6,8H2,1H3. The van der Waals surface area contributed by atoms with Crippen molar-refractivity contribution in [3.8, 4) is 5.75 Å². The maximum atomic E-state index is 5.32. The Morgan fingerprint density at radius 3 is 3.06 bits per heavy atom. The Labute approximate surface area is 107 Å². The van der Waals surface area contributed by atoms with Crippen LogP contribution in [-0.4, -0.2) is 18.6 Å². The number of benzene rings is 1. The van der Waals surface area contributed by atoms with Gasteiger partial charge in [-0.1, -0.05) is 6.07 Å². The second-order valence-electron chi connectivity index (χ2n) is 4.51. The van der Waals surface area contributed by atoms with Crippen LogP contribution in [0.25, 0.3) is 0 Å². The molecule has 18 heavy (non-hydrogen) atoms. The lowest BCUT2D eigenvalue weighted by molar-refractivity contribution is 0.414. The minimum Gasteiger partial charge on any atom is -0.497 e. The summed E-state index contributed by atoms with van der Waals surface area (Å²) in [6, 6.07) is 10.4. The van der Waals surface area contributed by atoms with E-state index in [9.17, 15) is 0 Å². The number of rotatable bonds is 2. The van der Waals surface area contributed by atoms with Gasteiger partial charge in [0.25, 0.3) is 0 Å². The number of fused-ring (bicyclic) bond motifs is 1. The van der Waals surface area contributed by atoms with Gasteiger partial charge in [0, 0.05) is 30.5 Å². The van der Waals surface area contributed by atoms with Crippen LogP contribution in [0.1, 0.15) is 23.5 Å². The molecule has 0 amide bonds. The minimum atomic E-state index is 0.407. The molecule has 1 N–H and O–H groups in total. The molecule has 0 bridgehead atoms. The lowest BCUT2D eigenvalue weighted by Crippen LogP contribution is -2.17. The third kappa shape index (κ3) is 1.92. The van der Waals surface area contributed by atoms with Crippen LogP contribution in [-0.2, 0) is 0 Å². The van der Waals surface area contributed by atoms with Crippen molar-refractivity contribution in [3.63, 3.8) is 0 Å². The van der Waals surface area contributed by atoms with Crippen LogP contribution >= 0.6 is 0 Å². The summed E-state index contributed by atoms with van der Waals surface area (Å²) in [5.41, 5.74) is 3.78. The maximum absolute atomic E-state index is 5.32. The molecule has 0 aliphatic carbocycles. The van der Waals surface area contributed by atoms with E-state index in [2.05, 4.69) is 28.5 Å². The molecule has 1 unspecified atom stereocenters. The van der Waals surface area contributed by atoms with E-state index >= 15 is 0 Å². The zero-order chi connectivity index (χ0) is 12.4. The van der Waals surface area contributed by atoms with Crippen molar-refractivity contribution in [2.24, 2.45) is 0 Å². The van der Waals surface area contributed by atoms with E-state index in [1.807, 2.05) is 24.5 Å². The highest BCUT2D eigenvalue weighted by molar-refractivity contribution is 5.59. The van der Waals surface area contributed by atoms with Gasteiger partial charge >= 0.3 is 0 Å². The molecule has 0 spiro atoms. The van der Waals surface area contributed by atoms with Gasteiger partial charge in [-0.15, -0.1) is 0 Å². The number of aromatic nitrogens is 1. The fourth-order valence-electron chi connectivity index (χ4n) is 2.55. The fourth-order valence-corrected chi connectivity index (χ4v) is 2.55. The lowest BCUT2D eigenvalue weighted by atomic mass is 9.86. The highest BCUT2D eigenvalue weighted by Crippen LogP contribution is 2.38. The van der Waals surface area contributed by atoms with E-state index in [-0.39, 0.29) is 0 Å². The van der Waals surface area contributed by atoms with Gasteiger partial charge in [-0.05, 0) is 41.8 Å². The van der Waals surface area contributed by atoms with Crippen molar-refractivity contribution in [3.05, 3.63) is 53.9 Å². The first-order valence-corrected chi connectivity index (χ1v) is 6.20. The summed E-state index contributed by atoms with van der Waals surface area (Å²) in [6.45, 7) is 0.999.